The molecular formula is C15H22O. The third-order valence-electron chi connectivity index (χ3n) is 3.91. The normalized spacial score (nSPS) is 17.6. The smallest absolute Gasteiger partial charge is 0.119 e. The lowest BCUT2D eigenvalue weighted by Crippen LogP contribution is -2.05. The van der Waals surface area contributed by atoms with Crippen molar-refractivity contribution >= 4 is 0 Å². The van der Waals surface area contributed by atoms with Gasteiger partial charge in [0.25, 0.3) is 0 Å². The third-order valence-corrected chi connectivity index (χ3v) is 3.91. The lowest BCUT2D eigenvalue weighted by Gasteiger charge is -2.23. The maximum atomic E-state index is 10.1. The molecule has 0 aliphatic heterocycles. The van der Waals surface area contributed by atoms with E-state index in [0.717, 1.165) is 6.42 Å². The van der Waals surface area contributed by atoms with E-state index in [-0.39, 0.29) is 0 Å². The second kappa shape index (κ2) is 4.90. The van der Waals surface area contributed by atoms with Crippen LogP contribution < -0.4 is 0 Å². The van der Waals surface area contributed by atoms with Crippen LogP contribution in [0.3, 0.4) is 0 Å². The van der Waals surface area contributed by atoms with Crippen molar-refractivity contribution in [1.29, 1.82) is 0 Å². The molecule has 0 saturated heterocycles. The van der Waals surface area contributed by atoms with Gasteiger partial charge >= 0.3 is 0 Å². The zero-order chi connectivity index (χ0) is 11.5. The van der Waals surface area contributed by atoms with Gasteiger partial charge in [0.2, 0.25) is 0 Å². The highest BCUT2D eigenvalue weighted by atomic mass is 16.3. The molecule has 0 aromatic heterocycles. The van der Waals surface area contributed by atoms with E-state index < -0.39 is 0 Å². The van der Waals surface area contributed by atoms with Crippen LogP contribution in [0, 0.1) is 6.92 Å². The molecule has 0 heterocycles. The molecule has 1 heteroatoms. The van der Waals surface area contributed by atoms with Crippen molar-refractivity contribution in [2.24, 2.45) is 0 Å². The van der Waals surface area contributed by atoms with Gasteiger partial charge in [-0.25, -0.2) is 0 Å². The van der Waals surface area contributed by atoms with E-state index in [0.29, 0.717) is 11.7 Å². The van der Waals surface area contributed by atoms with Crippen molar-refractivity contribution in [3.63, 3.8) is 0 Å². The first kappa shape index (κ1) is 11.5. The molecule has 0 bridgehead atoms. The summed E-state index contributed by atoms with van der Waals surface area (Å²) in [6.07, 6.45) is 7.56. The summed E-state index contributed by atoms with van der Waals surface area (Å²) >= 11 is 0. The Labute approximate surface area is 98.5 Å². The van der Waals surface area contributed by atoms with Gasteiger partial charge in [-0.2, -0.15) is 0 Å². The Morgan fingerprint density at radius 1 is 1.19 bits per heavy atom. The van der Waals surface area contributed by atoms with E-state index in [1.807, 2.05) is 6.07 Å². The first-order valence-corrected chi connectivity index (χ1v) is 6.54. The zero-order valence-electron chi connectivity index (χ0n) is 10.4. The maximum absolute atomic E-state index is 10.1. The van der Waals surface area contributed by atoms with Crippen LogP contribution in [0.15, 0.2) is 12.1 Å². The molecule has 0 atom stereocenters. The van der Waals surface area contributed by atoms with E-state index in [1.54, 1.807) is 0 Å². The van der Waals surface area contributed by atoms with Crippen LogP contribution in [0.1, 0.15) is 61.6 Å². The van der Waals surface area contributed by atoms with Gasteiger partial charge in [-0.3, -0.25) is 0 Å². The Hall–Kier alpha value is -0.980. The van der Waals surface area contributed by atoms with Crippen molar-refractivity contribution in [2.45, 2.75) is 58.3 Å². The number of phenolic OH excluding ortho intramolecular Hbond substituents is 1. The van der Waals surface area contributed by atoms with Crippen LogP contribution in [0.5, 0.6) is 5.75 Å². The lowest BCUT2D eigenvalue weighted by molar-refractivity contribution is 0.414. The van der Waals surface area contributed by atoms with Crippen LogP contribution >= 0.6 is 0 Å². The van der Waals surface area contributed by atoms with Gasteiger partial charge in [0.1, 0.15) is 5.75 Å². The standard InChI is InChI=1S/C15H22O/c1-3-12-10-14(15(16)9-11(12)2)13-7-5-4-6-8-13/h9-10,13,16H,3-8H2,1-2H3. The predicted molar refractivity (Wildman–Crippen MR) is 68.0 cm³/mol. The molecule has 1 aromatic rings. The largest absolute Gasteiger partial charge is 0.508 e. The van der Waals surface area contributed by atoms with Crippen LogP contribution in [0.2, 0.25) is 0 Å². The van der Waals surface area contributed by atoms with Gasteiger partial charge in [-0.1, -0.05) is 32.3 Å². The fourth-order valence-electron chi connectivity index (χ4n) is 2.88. The average molecular weight is 218 g/mol. The van der Waals surface area contributed by atoms with Crippen molar-refractivity contribution in [3.05, 3.63) is 28.8 Å². The van der Waals surface area contributed by atoms with Crippen LogP contribution in [-0.4, -0.2) is 5.11 Å². The fraction of sp³-hybridized carbons (Fsp3) is 0.600. The zero-order valence-corrected chi connectivity index (χ0v) is 10.4. The van der Waals surface area contributed by atoms with E-state index >= 15 is 0 Å². The monoisotopic (exact) mass is 218 g/mol. The Morgan fingerprint density at radius 3 is 2.50 bits per heavy atom. The van der Waals surface area contributed by atoms with E-state index in [1.165, 1.54) is 48.8 Å². The number of aromatic hydroxyl groups is 1. The number of aryl methyl sites for hydroxylation is 2. The number of benzene rings is 1. The van der Waals surface area contributed by atoms with Crippen molar-refractivity contribution < 1.29 is 5.11 Å². The summed E-state index contributed by atoms with van der Waals surface area (Å²) < 4.78 is 0. The molecule has 88 valence electrons. The SMILES string of the molecule is CCc1cc(C2CCCCC2)c(O)cc1C. The average Bonchev–Trinajstić information content (AvgIpc) is 2.30. The van der Waals surface area contributed by atoms with Crippen LogP contribution in [0.25, 0.3) is 0 Å². The summed E-state index contributed by atoms with van der Waals surface area (Å²) in [6, 6.07) is 4.18. The number of phenols is 1. The number of rotatable bonds is 2. The Morgan fingerprint density at radius 2 is 1.88 bits per heavy atom. The van der Waals surface area contributed by atoms with Gasteiger partial charge in [-0.15, -0.1) is 0 Å². The molecular weight excluding hydrogens is 196 g/mol. The summed E-state index contributed by atoms with van der Waals surface area (Å²) in [6.45, 7) is 4.27. The van der Waals surface area contributed by atoms with Gasteiger partial charge in [-0.05, 0) is 54.9 Å². The maximum Gasteiger partial charge on any atom is 0.119 e. The molecule has 2 rings (SSSR count). The highest BCUT2D eigenvalue weighted by Gasteiger charge is 2.19. The summed E-state index contributed by atoms with van der Waals surface area (Å²) in [5, 5.41) is 10.1. The summed E-state index contributed by atoms with van der Waals surface area (Å²) in [7, 11) is 0. The first-order chi connectivity index (χ1) is 7.72. The van der Waals surface area contributed by atoms with E-state index in [4.69, 9.17) is 0 Å². The van der Waals surface area contributed by atoms with Gasteiger partial charge in [0.15, 0.2) is 0 Å². The number of hydrogen-bond acceptors (Lipinski definition) is 1. The molecule has 1 saturated carbocycles. The number of hydrogen-bond donors (Lipinski definition) is 1. The van der Waals surface area contributed by atoms with Gasteiger partial charge in [0, 0.05) is 0 Å². The van der Waals surface area contributed by atoms with Crippen molar-refractivity contribution in [3.8, 4) is 5.75 Å². The minimum atomic E-state index is 0.515. The third kappa shape index (κ3) is 2.23. The molecule has 0 amide bonds. The molecule has 1 nitrogen and oxygen atoms in total. The molecule has 1 N–H and O–H groups in total. The molecule has 1 aliphatic rings. The molecule has 0 spiro atoms. The van der Waals surface area contributed by atoms with Crippen molar-refractivity contribution in [2.75, 3.05) is 0 Å². The molecule has 1 aromatic carbocycles. The minimum Gasteiger partial charge on any atom is -0.508 e. The molecule has 1 fully saturated rings. The highest BCUT2D eigenvalue weighted by molar-refractivity contribution is 5.43. The molecule has 0 radical (unpaired) electrons. The van der Waals surface area contributed by atoms with Crippen molar-refractivity contribution in [1.82, 2.24) is 0 Å². The second-order valence-corrected chi connectivity index (χ2v) is 5.03. The first-order valence-electron chi connectivity index (χ1n) is 6.54. The van der Waals surface area contributed by atoms with E-state index in [2.05, 4.69) is 19.9 Å². The Kier molecular flexibility index (Phi) is 3.52. The Bertz CT molecular complexity index is 362. The predicted octanol–water partition coefficient (Wildman–Crippen LogP) is 4.31. The van der Waals surface area contributed by atoms with Crippen LogP contribution in [0.4, 0.5) is 0 Å². The Balaban J connectivity index is 2.31. The second-order valence-electron chi connectivity index (χ2n) is 5.03. The summed E-state index contributed by atoms with van der Waals surface area (Å²) in [5.41, 5.74) is 3.81. The van der Waals surface area contributed by atoms with Crippen LogP contribution in [-0.2, 0) is 6.42 Å². The minimum absolute atomic E-state index is 0.515. The fourth-order valence-corrected chi connectivity index (χ4v) is 2.88. The molecule has 0 unspecified atom stereocenters. The topological polar surface area (TPSA) is 20.2 Å². The highest BCUT2D eigenvalue weighted by Crippen LogP contribution is 2.38. The van der Waals surface area contributed by atoms with E-state index in [9.17, 15) is 5.11 Å². The molecule has 16 heavy (non-hydrogen) atoms. The summed E-state index contributed by atoms with van der Waals surface area (Å²) in [5.74, 6) is 1.11. The quantitative estimate of drug-likeness (QED) is 0.784. The lowest BCUT2D eigenvalue weighted by atomic mass is 9.82. The summed E-state index contributed by atoms with van der Waals surface area (Å²) in [4.78, 5) is 0. The molecule has 1 aliphatic carbocycles. The van der Waals surface area contributed by atoms with Gasteiger partial charge < -0.3 is 5.11 Å². The van der Waals surface area contributed by atoms with Gasteiger partial charge in [0.05, 0.1) is 0 Å².